The van der Waals surface area contributed by atoms with Crippen LogP contribution in [0.3, 0.4) is 0 Å². The number of rotatable bonds is 7. The predicted molar refractivity (Wildman–Crippen MR) is 106 cm³/mol. The van der Waals surface area contributed by atoms with Crippen LogP contribution in [0.15, 0.2) is 29.8 Å². The zero-order valence-electron chi connectivity index (χ0n) is 16.7. The van der Waals surface area contributed by atoms with Crippen molar-refractivity contribution in [3.63, 3.8) is 0 Å². The number of esters is 2. The first-order chi connectivity index (χ1) is 13.4. The van der Waals surface area contributed by atoms with Gasteiger partial charge < -0.3 is 19.1 Å². The number of piperidine rings is 1. The van der Waals surface area contributed by atoms with Gasteiger partial charge in [-0.05, 0) is 69.1 Å². The lowest BCUT2D eigenvalue weighted by Crippen LogP contribution is -2.41. The van der Waals surface area contributed by atoms with Gasteiger partial charge in [-0.1, -0.05) is 18.6 Å². The Balaban J connectivity index is 1.50. The van der Waals surface area contributed by atoms with E-state index in [2.05, 4.69) is 4.90 Å². The highest BCUT2D eigenvalue weighted by Crippen LogP contribution is 2.25. The number of unbranched alkanes of at least 4 members (excludes halogenated alkanes) is 1. The lowest BCUT2D eigenvalue weighted by molar-refractivity contribution is -0.222. The first kappa shape index (κ1) is 20.4. The van der Waals surface area contributed by atoms with E-state index in [1.54, 1.807) is 12.1 Å². The molecule has 1 aromatic rings. The molecular formula is C22H29NO5. The van der Waals surface area contributed by atoms with E-state index in [-0.39, 0.29) is 5.57 Å². The summed E-state index contributed by atoms with van der Waals surface area (Å²) < 4.78 is 16.1. The molecule has 0 aromatic heterocycles. The molecule has 6 heteroatoms. The van der Waals surface area contributed by atoms with E-state index in [0.717, 1.165) is 19.4 Å². The second kappa shape index (κ2) is 9.24. The Labute approximate surface area is 166 Å². The van der Waals surface area contributed by atoms with Crippen molar-refractivity contribution in [2.24, 2.45) is 0 Å². The van der Waals surface area contributed by atoms with Crippen LogP contribution >= 0.6 is 0 Å². The number of likely N-dealkylation sites (tertiary alicyclic amines) is 1. The summed E-state index contributed by atoms with van der Waals surface area (Å²) in [6.07, 6.45) is 7.59. The number of carbonyl (C=O) groups excluding carboxylic acids is 2. The number of carbonyl (C=O) groups is 2. The second-order valence-corrected chi connectivity index (χ2v) is 7.77. The van der Waals surface area contributed by atoms with Crippen molar-refractivity contribution >= 4 is 18.0 Å². The summed E-state index contributed by atoms with van der Waals surface area (Å²) >= 11 is 0. The minimum Gasteiger partial charge on any atom is -0.494 e. The summed E-state index contributed by atoms with van der Waals surface area (Å²) in [5.41, 5.74) is 0.576. The van der Waals surface area contributed by atoms with Gasteiger partial charge in [0.25, 0.3) is 5.79 Å². The first-order valence-electron chi connectivity index (χ1n) is 10.1. The lowest BCUT2D eigenvalue weighted by Gasteiger charge is -2.29. The van der Waals surface area contributed by atoms with Crippen LogP contribution in [0.2, 0.25) is 0 Å². The molecule has 28 heavy (non-hydrogen) atoms. The van der Waals surface area contributed by atoms with Gasteiger partial charge >= 0.3 is 11.9 Å². The van der Waals surface area contributed by atoms with E-state index in [0.29, 0.717) is 17.9 Å². The van der Waals surface area contributed by atoms with Gasteiger partial charge in [-0.15, -0.1) is 0 Å². The van der Waals surface area contributed by atoms with Gasteiger partial charge in [-0.25, -0.2) is 9.59 Å². The molecule has 0 aliphatic carbocycles. The molecule has 6 nitrogen and oxygen atoms in total. The van der Waals surface area contributed by atoms with Gasteiger partial charge in [0.05, 0.1) is 6.61 Å². The number of hydrogen-bond acceptors (Lipinski definition) is 6. The van der Waals surface area contributed by atoms with Crippen LogP contribution in [0, 0.1) is 0 Å². The summed E-state index contributed by atoms with van der Waals surface area (Å²) in [6, 6.07) is 7.31. The molecule has 0 radical (unpaired) electrons. The Hall–Kier alpha value is -2.34. The lowest BCUT2D eigenvalue weighted by atomic mass is 10.1. The quantitative estimate of drug-likeness (QED) is 0.309. The minimum atomic E-state index is -1.23. The van der Waals surface area contributed by atoms with Crippen molar-refractivity contribution in [3.05, 3.63) is 35.4 Å². The molecular weight excluding hydrogens is 358 g/mol. The molecule has 0 bridgehead atoms. The van der Waals surface area contributed by atoms with Crippen molar-refractivity contribution in [2.75, 3.05) is 26.2 Å². The zero-order chi connectivity index (χ0) is 20.0. The summed E-state index contributed by atoms with van der Waals surface area (Å²) in [6.45, 7) is 7.28. The standard InChI is InChI=1S/C22H29NO5/c1-22(2)27-20(24)19(21(25)28-22)16-17-9-8-10-18(15-17)26-14-7-6-13-23-11-4-3-5-12-23/h8-10,15-16H,3-7,11-14H2,1-2H3. The Morgan fingerprint density at radius 3 is 2.50 bits per heavy atom. The summed E-state index contributed by atoms with van der Waals surface area (Å²) in [5, 5.41) is 0. The van der Waals surface area contributed by atoms with Crippen molar-refractivity contribution in [1.29, 1.82) is 0 Å². The maximum absolute atomic E-state index is 12.1. The molecule has 2 aliphatic rings. The monoisotopic (exact) mass is 387 g/mol. The first-order valence-corrected chi connectivity index (χ1v) is 10.1. The van der Waals surface area contributed by atoms with Crippen molar-refractivity contribution < 1.29 is 23.8 Å². The van der Waals surface area contributed by atoms with Crippen LogP contribution in [0.1, 0.15) is 51.5 Å². The molecule has 2 aliphatic heterocycles. The fourth-order valence-electron chi connectivity index (χ4n) is 3.45. The summed E-state index contributed by atoms with van der Waals surface area (Å²) in [7, 11) is 0. The second-order valence-electron chi connectivity index (χ2n) is 7.77. The molecule has 0 atom stereocenters. The SMILES string of the molecule is CC1(C)OC(=O)C(=Cc2cccc(OCCCCN3CCCCC3)c2)C(=O)O1. The molecule has 0 saturated carbocycles. The van der Waals surface area contributed by atoms with Crippen molar-refractivity contribution in [2.45, 2.75) is 51.7 Å². The third-order valence-electron chi connectivity index (χ3n) is 4.87. The highest BCUT2D eigenvalue weighted by Gasteiger charge is 2.38. The smallest absolute Gasteiger partial charge is 0.348 e. The van der Waals surface area contributed by atoms with Crippen LogP contribution in [-0.2, 0) is 19.1 Å². The average molecular weight is 387 g/mol. The molecule has 1 aromatic carbocycles. The van der Waals surface area contributed by atoms with Gasteiger partial charge in [0, 0.05) is 13.8 Å². The third kappa shape index (κ3) is 5.83. The van der Waals surface area contributed by atoms with Gasteiger partial charge in [-0.2, -0.15) is 0 Å². The minimum absolute atomic E-state index is 0.113. The fourth-order valence-corrected chi connectivity index (χ4v) is 3.45. The van der Waals surface area contributed by atoms with Crippen LogP contribution in [0.25, 0.3) is 6.08 Å². The maximum Gasteiger partial charge on any atom is 0.348 e. The Kier molecular flexibility index (Phi) is 6.73. The van der Waals surface area contributed by atoms with E-state index in [9.17, 15) is 9.59 Å². The maximum atomic E-state index is 12.1. The normalized spacial score (nSPS) is 19.7. The molecule has 0 amide bonds. The topological polar surface area (TPSA) is 65.1 Å². The van der Waals surface area contributed by atoms with E-state index in [1.807, 2.05) is 12.1 Å². The van der Waals surface area contributed by atoms with E-state index in [4.69, 9.17) is 14.2 Å². The average Bonchev–Trinajstić information content (AvgIpc) is 2.65. The van der Waals surface area contributed by atoms with Crippen molar-refractivity contribution in [1.82, 2.24) is 4.90 Å². The number of benzene rings is 1. The predicted octanol–water partition coefficient (Wildman–Crippen LogP) is 3.55. The summed E-state index contributed by atoms with van der Waals surface area (Å²) in [5.74, 6) is -1.87. The molecule has 2 saturated heterocycles. The van der Waals surface area contributed by atoms with Crippen LogP contribution in [-0.4, -0.2) is 48.9 Å². The molecule has 3 rings (SSSR count). The van der Waals surface area contributed by atoms with Gasteiger partial charge in [0.1, 0.15) is 11.3 Å². The third-order valence-corrected chi connectivity index (χ3v) is 4.87. The number of ether oxygens (including phenoxy) is 3. The van der Waals surface area contributed by atoms with Crippen LogP contribution < -0.4 is 4.74 Å². The van der Waals surface area contributed by atoms with Crippen LogP contribution in [0.5, 0.6) is 5.75 Å². The molecule has 2 fully saturated rings. The fraction of sp³-hybridized carbons (Fsp3) is 0.545. The highest BCUT2D eigenvalue weighted by molar-refractivity contribution is 6.18. The highest BCUT2D eigenvalue weighted by atomic mass is 16.7. The Morgan fingerprint density at radius 2 is 1.79 bits per heavy atom. The number of hydrogen-bond donors (Lipinski definition) is 0. The van der Waals surface area contributed by atoms with E-state index >= 15 is 0 Å². The summed E-state index contributed by atoms with van der Waals surface area (Å²) in [4.78, 5) is 26.6. The zero-order valence-corrected chi connectivity index (χ0v) is 16.7. The van der Waals surface area contributed by atoms with E-state index in [1.165, 1.54) is 52.3 Å². The van der Waals surface area contributed by atoms with Gasteiger partial charge in [-0.3, -0.25) is 0 Å². The van der Waals surface area contributed by atoms with Gasteiger partial charge in [0.15, 0.2) is 0 Å². The molecule has 0 spiro atoms. The van der Waals surface area contributed by atoms with Gasteiger partial charge in [0.2, 0.25) is 0 Å². The molecule has 2 heterocycles. The number of nitrogens with zero attached hydrogens (tertiary/aromatic N) is 1. The molecule has 0 N–H and O–H groups in total. The number of cyclic esters (lactones) is 2. The van der Waals surface area contributed by atoms with Crippen molar-refractivity contribution in [3.8, 4) is 5.75 Å². The molecule has 152 valence electrons. The van der Waals surface area contributed by atoms with Crippen LogP contribution in [0.4, 0.5) is 0 Å². The van der Waals surface area contributed by atoms with E-state index < -0.39 is 17.7 Å². The Bertz CT molecular complexity index is 712. The largest absolute Gasteiger partial charge is 0.494 e. The molecule has 0 unspecified atom stereocenters. The Morgan fingerprint density at radius 1 is 1.07 bits per heavy atom.